The van der Waals surface area contributed by atoms with E-state index in [1.807, 2.05) is 0 Å². The standard InChI is InChI=1S/C20H16F3N5O6S/c21-20(22,23)13-1-3-15-16(11-13)24-6-5-17(15)25-7-9-26(10-8-25)35(33,34)19-4-2-14(27(29)30)12-18(19)28(31)32/h1-6,11-12H,7-10H2. The Bertz CT molecular complexity index is 1440. The summed E-state index contributed by atoms with van der Waals surface area (Å²) in [4.78, 5) is 25.6. The second-order valence-electron chi connectivity index (χ2n) is 7.62. The maximum atomic E-state index is 13.1. The molecule has 4 rings (SSSR count). The van der Waals surface area contributed by atoms with E-state index in [1.165, 1.54) is 12.3 Å². The van der Waals surface area contributed by atoms with Gasteiger partial charge in [-0.25, -0.2) is 8.42 Å². The lowest BCUT2D eigenvalue weighted by Crippen LogP contribution is -2.48. The molecule has 3 aromatic rings. The van der Waals surface area contributed by atoms with E-state index in [2.05, 4.69) is 4.98 Å². The summed E-state index contributed by atoms with van der Waals surface area (Å²) in [6.45, 7) is 0.169. The number of alkyl halides is 3. The van der Waals surface area contributed by atoms with Crippen molar-refractivity contribution in [2.45, 2.75) is 11.1 Å². The van der Waals surface area contributed by atoms with Gasteiger partial charge in [-0.2, -0.15) is 17.5 Å². The Morgan fingerprint density at radius 1 is 0.914 bits per heavy atom. The maximum Gasteiger partial charge on any atom is 0.416 e. The molecule has 0 atom stereocenters. The molecule has 35 heavy (non-hydrogen) atoms. The molecular weight excluding hydrogens is 495 g/mol. The molecule has 1 fully saturated rings. The number of anilines is 1. The number of nitrogens with zero attached hydrogens (tertiary/aromatic N) is 5. The van der Waals surface area contributed by atoms with E-state index in [-0.39, 0.29) is 31.7 Å². The number of fused-ring (bicyclic) bond motifs is 1. The molecule has 2 aromatic carbocycles. The van der Waals surface area contributed by atoms with Crippen molar-refractivity contribution in [3.63, 3.8) is 0 Å². The fraction of sp³-hybridized carbons (Fsp3) is 0.250. The lowest BCUT2D eigenvalue weighted by atomic mass is 10.1. The zero-order valence-electron chi connectivity index (χ0n) is 17.7. The number of hydrogen-bond donors (Lipinski definition) is 0. The lowest BCUT2D eigenvalue weighted by molar-refractivity contribution is -0.396. The van der Waals surface area contributed by atoms with Gasteiger partial charge >= 0.3 is 6.18 Å². The van der Waals surface area contributed by atoms with E-state index in [4.69, 9.17) is 0 Å². The quantitative estimate of drug-likeness (QED) is 0.374. The molecule has 184 valence electrons. The van der Waals surface area contributed by atoms with Gasteiger partial charge in [-0.05, 0) is 24.3 Å². The van der Waals surface area contributed by atoms with Crippen molar-refractivity contribution in [1.29, 1.82) is 0 Å². The third kappa shape index (κ3) is 4.59. The van der Waals surface area contributed by atoms with Crippen LogP contribution in [0.2, 0.25) is 0 Å². The van der Waals surface area contributed by atoms with Crippen LogP contribution in [-0.4, -0.2) is 53.7 Å². The number of sulfonamides is 1. The Kier molecular flexibility index (Phi) is 6.06. The van der Waals surface area contributed by atoms with E-state index >= 15 is 0 Å². The van der Waals surface area contributed by atoms with Crippen molar-refractivity contribution in [2.24, 2.45) is 0 Å². The highest BCUT2D eigenvalue weighted by atomic mass is 32.2. The molecule has 1 saturated heterocycles. The molecule has 0 bridgehead atoms. The van der Waals surface area contributed by atoms with Gasteiger partial charge in [0.15, 0.2) is 4.90 Å². The number of halogens is 3. The van der Waals surface area contributed by atoms with Crippen molar-refractivity contribution in [3.05, 3.63) is 74.5 Å². The molecule has 0 radical (unpaired) electrons. The molecule has 0 unspecified atom stereocenters. The predicted octanol–water partition coefficient (Wildman–Crippen LogP) is 3.58. The highest BCUT2D eigenvalue weighted by Crippen LogP contribution is 2.35. The smallest absolute Gasteiger partial charge is 0.368 e. The van der Waals surface area contributed by atoms with Crippen LogP contribution in [0.1, 0.15) is 5.56 Å². The van der Waals surface area contributed by atoms with Crippen molar-refractivity contribution in [2.75, 3.05) is 31.1 Å². The number of piperazine rings is 1. The highest BCUT2D eigenvalue weighted by molar-refractivity contribution is 7.89. The van der Waals surface area contributed by atoms with Gasteiger partial charge in [0.1, 0.15) is 0 Å². The van der Waals surface area contributed by atoms with E-state index in [9.17, 15) is 41.8 Å². The lowest BCUT2D eigenvalue weighted by Gasteiger charge is -2.35. The summed E-state index contributed by atoms with van der Waals surface area (Å²) < 4.78 is 66.3. The zero-order chi connectivity index (χ0) is 25.5. The number of aromatic nitrogens is 1. The van der Waals surface area contributed by atoms with Crippen molar-refractivity contribution in [1.82, 2.24) is 9.29 Å². The molecule has 0 aliphatic carbocycles. The van der Waals surface area contributed by atoms with Crippen molar-refractivity contribution < 1.29 is 31.4 Å². The fourth-order valence-corrected chi connectivity index (χ4v) is 5.43. The van der Waals surface area contributed by atoms with Gasteiger partial charge in [0.05, 0.1) is 27.0 Å². The summed E-state index contributed by atoms with van der Waals surface area (Å²) in [6, 6.07) is 7.13. The van der Waals surface area contributed by atoms with Crippen LogP contribution in [0.5, 0.6) is 0 Å². The minimum Gasteiger partial charge on any atom is -0.368 e. The van der Waals surface area contributed by atoms with Gasteiger partial charge in [0, 0.05) is 49.5 Å². The van der Waals surface area contributed by atoms with Gasteiger partial charge in [-0.15, -0.1) is 0 Å². The van der Waals surface area contributed by atoms with E-state index in [1.54, 1.807) is 11.0 Å². The van der Waals surface area contributed by atoms with Crippen LogP contribution in [0.15, 0.2) is 53.6 Å². The summed E-state index contributed by atoms with van der Waals surface area (Å²) in [5.74, 6) is 0. The summed E-state index contributed by atoms with van der Waals surface area (Å²) in [5, 5.41) is 22.8. The van der Waals surface area contributed by atoms with Crippen molar-refractivity contribution >= 4 is 38.0 Å². The van der Waals surface area contributed by atoms with Crippen LogP contribution >= 0.6 is 0 Å². The third-order valence-electron chi connectivity index (χ3n) is 5.59. The summed E-state index contributed by atoms with van der Waals surface area (Å²) in [5.41, 5.74) is -1.65. The summed E-state index contributed by atoms with van der Waals surface area (Å²) in [7, 11) is -4.35. The minimum absolute atomic E-state index is 0.0685. The molecule has 0 N–H and O–H groups in total. The Labute approximate surface area is 195 Å². The average molecular weight is 511 g/mol. The van der Waals surface area contributed by atoms with Crippen LogP contribution < -0.4 is 4.90 Å². The molecule has 15 heteroatoms. The summed E-state index contributed by atoms with van der Waals surface area (Å²) >= 11 is 0. The van der Waals surface area contributed by atoms with Gasteiger partial charge in [-0.3, -0.25) is 25.2 Å². The number of rotatable bonds is 5. The van der Waals surface area contributed by atoms with Crippen LogP contribution in [-0.2, 0) is 16.2 Å². The van der Waals surface area contributed by atoms with Gasteiger partial charge in [0.2, 0.25) is 10.0 Å². The number of hydrogen-bond acceptors (Lipinski definition) is 8. The van der Waals surface area contributed by atoms with E-state index in [0.717, 1.165) is 28.6 Å². The molecule has 0 saturated carbocycles. The number of non-ortho nitro benzene ring substituents is 1. The predicted molar refractivity (Wildman–Crippen MR) is 117 cm³/mol. The number of nitro benzene ring substituents is 2. The Balaban J connectivity index is 1.59. The molecule has 1 aliphatic rings. The highest BCUT2D eigenvalue weighted by Gasteiger charge is 2.36. The number of nitro groups is 2. The van der Waals surface area contributed by atoms with Crippen LogP contribution in [0, 0.1) is 20.2 Å². The van der Waals surface area contributed by atoms with Gasteiger partial charge < -0.3 is 4.90 Å². The van der Waals surface area contributed by atoms with Gasteiger partial charge in [0.25, 0.3) is 11.4 Å². The third-order valence-corrected chi connectivity index (χ3v) is 7.54. The first-order valence-electron chi connectivity index (χ1n) is 10.0. The van der Waals surface area contributed by atoms with E-state index in [0.29, 0.717) is 17.1 Å². The van der Waals surface area contributed by atoms with E-state index < -0.39 is 47.9 Å². The van der Waals surface area contributed by atoms with Crippen LogP contribution in [0.3, 0.4) is 0 Å². The second kappa shape index (κ2) is 8.74. The largest absolute Gasteiger partial charge is 0.416 e. The topological polar surface area (TPSA) is 140 Å². The first-order valence-corrected chi connectivity index (χ1v) is 11.5. The molecule has 11 nitrogen and oxygen atoms in total. The van der Waals surface area contributed by atoms with Crippen LogP contribution in [0.25, 0.3) is 10.9 Å². The Morgan fingerprint density at radius 3 is 2.20 bits per heavy atom. The monoisotopic (exact) mass is 511 g/mol. The molecule has 1 aliphatic heterocycles. The zero-order valence-corrected chi connectivity index (χ0v) is 18.5. The Hall–Kier alpha value is -3.85. The second-order valence-corrected chi connectivity index (χ2v) is 9.52. The molecule has 0 amide bonds. The number of benzene rings is 2. The van der Waals surface area contributed by atoms with Gasteiger partial charge in [-0.1, -0.05) is 6.07 Å². The molecular formula is C20H16F3N5O6S. The average Bonchev–Trinajstić information content (AvgIpc) is 2.82. The van der Waals surface area contributed by atoms with Crippen molar-refractivity contribution in [3.8, 4) is 0 Å². The first-order chi connectivity index (χ1) is 16.4. The first kappa shape index (κ1) is 24.3. The molecule has 2 heterocycles. The Morgan fingerprint density at radius 2 is 1.60 bits per heavy atom. The minimum atomic E-state index is -4.52. The SMILES string of the molecule is O=[N+]([O-])c1ccc(S(=O)(=O)N2CCN(c3ccnc4cc(C(F)(F)F)ccc34)CC2)c([N+](=O)[O-])c1. The molecule has 1 aromatic heterocycles. The van der Waals surface area contributed by atoms with Crippen LogP contribution in [0.4, 0.5) is 30.2 Å². The summed E-state index contributed by atoms with van der Waals surface area (Å²) in [6.07, 6.45) is -3.16. The fourth-order valence-electron chi connectivity index (χ4n) is 3.87. The molecule has 0 spiro atoms. The normalized spacial score (nSPS) is 15.3. The number of pyridine rings is 1. The maximum absolute atomic E-state index is 13.1.